The lowest BCUT2D eigenvalue weighted by atomic mass is 9.96. The molecule has 1 aliphatic heterocycles. The highest BCUT2D eigenvalue weighted by molar-refractivity contribution is 5.24. The molecule has 3 heterocycles. The number of aryl methyl sites for hydroxylation is 2. The molecule has 0 unspecified atom stereocenters. The van der Waals surface area contributed by atoms with E-state index in [0.717, 1.165) is 69.9 Å². The highest BCUT2D eigenvalue weighted by atomic mass is 16.1. The second-order valence-electron chi connectivity index (χ2n) is 8.29. The van der Waals surface area contributed by atoms with Crippen molar-refractivity contribution < 1.29 is 0 Å². The standard InChI is InChI=1S/C20H27N5O/c26-19-10-16-2-1-3-18(16)23-25(19)12-14-6-8-24(9-7-14)13-17-11-21-22-20(17)15-4-5-15/h10-11,14-15H,1-9,12-13H2,(H,21,22). The van der Waals surface area contributed by atoms with Crippen LogP contribution in [0.25, 0.3) is 0 Å². The highest BCUT2D eigenvalue weighted by Gasteiger charge is 2.29. The molecule has 6 heteroatoms. The van der Waals surface area contributed by atoms with E-state index in [9.17, 15) is 4.79 Å². The predicted molar refractivity (Wildman–Crippen MR) is 99.1 cm³/mol. The molecule has 1 saturated heterocycles. The van der Waals surface area contributed by atoms with Gasteiger partial charge in [0.2, 0.25) is 0 Å². The zero-order valence-electron chi connectivity index (χ0n) is 15.3. The molecule has 1 N–H and O–H groups in total. The summed E-state index contributed by atoms with van der Waals surface area (Å²) in [7, 11) is 0. The Morgan fingerprint density at radius 3 is 2.81 bits per heavy atom. The number of hydrogen-bond donors (Lipinski definition) is 1. The average Bonchev–Trinajstić information content (AvgIpc) is 3.22. The molecule has 2 fully saturated rings. The van der Waals surface area contributed by atoms with Crippen molar-refractivity contribution >= 4 is 0 Å². The number of H-pyrrole nitrogens is 1. The molecule has 6 nitrogen and oxygen atoms in total. The van der Waals surface area contributed by atoms with Crippen LogP contribution < -0.4 is 5.56 Å². The number of aromatic amines is 1. The van der Waals surface area contributed by atoms with E-state index in [2.05, 4.69) is 20.2 Å². The minimum absolute atomic E-state index is 0.0838. The molecule has 138 valence electrons. The molecule has 0 radical (unpaired) electrons. The van der Waals surface area contributed by atoms with Gasteiger partial charge >= 0.3 is 0 Å². The molecular formula is C20H27N5O. The van der Waals surface area contributed by atoms with E-state index in [-0.39, 0.29) is 5.56 Å². The summed E-state index contributed by atoms with van der Waals surface area (Å²) >= 11 is 0. The SMILES string of the molecule is O=c1cc2c(nn1CC1CCN(Cc3cn[nH]c3C3CC3)CC1)CCC2. The van der Waals surface area contributed by atoms with E-state index in [1.807, 2.05) is 12.3 Å². The Balaban J connectivity index is 1.18. The summed E-state index contributed by atoms with van der Waals surface area (Å²) in [6.45, 7) is 3.98. The van der Waals surface area contributed by atoms with Crippen molar-refractivity contribution in [1.29, 1.82) is 0 Å². The van der Waals surface area contributed by atoms with Crippen LogP contribution in [-0.4, -0.2) is 38.0 Å². The first-order chi connectivity index (χ1) is 12.8. The third-order valence-electron chi connectivity index (χ3n) is 6.29. The van der Waals surface area contributed by atoms with E-state index in [1.165, 1.54) is 29.7 Å². The normalized spacial score (nSPS) is 21.2. The number of hydrogen-bond acceptors (Lipinski definition) is 4. The summed E-state index contributed by atoms with van der Waals surface area (Å²) in [4.78, 5) is 14.8. The molecule has 2 aromatic heterocycles. The fourth-order valence-corrected chi connectivity index (χ4v) is 4.56. The van der Waals surface area contributed by atoms with Crippen LogP contribution in [0.1, 0.15) is 60.5 Å². The first-order valence-electron chi connectivity index (χ1n) is 10.1. The fraction of sp³-hybridized carbons (Fsp3) is 0.650. The van der Waals surface area contributed by atoms with E-state index >= 15 is 0 Å². The lowest BCUT2D eigenvalue weighted by Gasteiger charge is -2.32. The van der Waals surface area contributed by atoms with Gasteiger partial charge in [0.05, 0.1) is 11.9 Å². The maximum Gasteiger partial charge on any atom is 0.267 e. The van der Waals surface area contributed by atoms with Gasteiger partial charge in [-0.05, 0) is 69.5 Å². The van der Waals surface area contributed by atoms with Gasteiger partial charge in [0.15, 0.2) is 0 Å². The molecule has 5 rings (SSSR count). The summed E-state index contributed by atoms with van der Waals surface area (Å²) in [5.74, 6) is 1.28. The minimum Gasteiger partial charge on any atom is -0.299 e. The maximum absolute atomic E-state index is 12.3. The van der Waals surface area contributed by atoms with Gasteiger partial charge in [0.25, 0.3) is 5.56 Å². The fourth-order valence-electron chi connectivity index (χ4n) is 4.56. The molecular weight excluding hydrogens is 326 g/mol. The second-order valence-corrected chi connectivity index (χ2v) is 8.29. The number of likely N-dealkylation sites (tertiary alicyclic amines) is 1. The van der Waals surface area contributed by atoms with Crippen LogP contribution in [0.3, 0.4) is 0 Å². The van der Waals surface area contributed by atoms with Gasteiger partial charge in [-0.15, -0.1) is 0 Å². The summed E-state index contributed by atoms with van der Waals surface area (Å²) in [5, 5.41) is 12.1. The van der Waals surface area contributed by atoms with Gasteiger partial charge in [-0.1, -0.05) is 0 Å². The third-order valence-corrected chi connectivity index (χ3v) is 6.29. The van der Waals surface area contributed by atoms with Crippen molar-refractivity contribution in [2.45, 2.75) is 64.0 Å². The van der Waals surface area contributed by atoms with Crippen molar-refractivity contribution in [1.82, 2.24) is 24.9 Å². The first-order valence-corrected chi connectivity index (χ1v) is 10.1. The number of fused-ring (bicyclic) bond motifs is 1. The van der Waals surface area contributed by atoms with Gasteiger partial charge in [-0.3, -0.25) is 14.8 Å². The van der Waals surface area contributed by atoms with Crippen LogP contribution in [0, 0.1) is 5.92 Å². The van der Waals surface area contributed by atoms with Crippen molar-refractivity contribution in [3.8, 4) is 0 Å². The van der Waals surface area contributed by atoms with E-state index in [1.54, 1.807) is 4.68 Å². The predicted octanol–water partition coefficient (Wildman–Crippen LogP) is 2.24. The topological polar surface area (TPSA) is 66.8 Å². The van der Waals surface area contributed by atoms with Crippen molar-refractivity contribution in [2.75, 3.05) is 13.1 Å². The number of piperidine rings is 1. The van der Waals surface area contributed by atoms with Gasteiger partial charge < -0.3 is 0 Å². The number of rotatable bonds is 5. The number of nitrogens with one attached hydrogen (secondary N) is 1. The van der Waals surface area contributed by atoms with Crippen LogP contribution in [0.5, 0.6) is 0 Å². The van der Waals surface area contributed by atoms with Crippen molar-refractivity contribution in [3.63, 3.8) is 0 Å². The summed E-state index contributed by atoms with van der Waals surface area (Å²) in [6.07, 6.45) is 10.1. The van der Waals surface area contributed by atoms with E-state index in [0.29, 0.717) is 5.92 Å². The van der Waals surface area contributed by atoms with E-state index in [4.69, 9.17) is 0 Å². The molecule has 0 aromatic carbocycles. The van der Waals surface area contributed by atoms with Crippen LogP contribution in [-0.2, 0) is 25.9 Å². The molecule has 0 spiro atoms. The molecule has 0 atom stereocenters. The number of aromatic nitrogens is 4. The van der Waals surface area contributed by atoms with Gasteiger partial charge in [0, 0.05) is 36.3 Å². The van der Waals surface area contributed by atoms with Gasteiger partial charge in [-0.25, -0.2) is 4.68 Å². The molecule has 0 amide bonds. The van der Waals surface area contributed by atoms with Crippen LogP contribution in [0.2, 0.25) is 0 Å². The Bertz CT molecular complexity index is 842. The molecule has 26 heavy (non-hydrogen) atoms. The highest BCUT2D eigenvalue weighted by Crippen LogP contribution is 2.40. The largest absolute Gasteiger partial charge is 0.299 e. The van der Waals surface area contributed by atoms with Gasteiger partial charge in [-0.2, -0.15) is 10.2 Å². The Morgan fingerprint density at radius 2 is 2.00 bits per heavy atom. The minimum atomic E-state index is 0.0838. The molecule has 3 aliphatic rings. The van der Waals surface area contributed by atoms with Crippen molar-refractivity contribution in [2.24, 2.45) is 5.92 Å². The molecule has 0 bridgehead atoms. The Labute approximate surface area is 153 Å². The van der Waals surface area contributed by atoms with Crippen LogP contribution in [0.15, 0.2) is 17.1 Å². The van der Waals surface area contributed by atoms with E-state index < -0.39 is 0 Å². The zero-order valence-corrected chi connectivity index (χ0v) is 15.3. The summed E-state index contributed by atoms with van der Waals surface area (Å²) in [6, 6.07) is 1.82. The molecule has 2 aromatic rings. The number of nitrogens with zero attached hydrogens (tertiary/aromatic N) is 4. The lowest BCUT2D eigenvalue weighted by molar-refractivity contribution is 0.163. The Morgan fingerprint density at radius 1 is 1.15 bits per heavy atom. The lowest BCUT2D eigenvalue weighted by Crippen LogP contribution is -2.36. The Hall–Kier alpha value is -1.95. The first kappa shape index (κ1) is 16.2. The van der Waals surface area contributed by atoms with Gasteiger partial charge in [0.1, 0.15) is 0 Å². The smallest absolute Gasteiger partial charge is 0.267 e. The average molecular weight is 353 g/mol. The summed E-state index contributed by atoms with van der Waals surface area (Å²) < 4.78 is 1.73. The molecule has 2 aliphatic carbocycles. The zero-order chi connectivity index (χ0) is 17.5. The quantitative estimate of drug-likeness (QED) is 0.895. The van der Waals surface area contributed by atoms with Crippen LogP contribution >= 0.6 is 0 Å². The van der Waals surface area contributed by atoms with Crippen molar-refractivity contribution in [3.05, 3.63) is 45.1 Å². The second kappa shape index (κ2) is 6.65. The summed E-state index contributed by atoms with van der Waals surface area (Å²) in [5.41, 5.74) is 5.14. The maximum atomic E-state index is 12.3. The Kier molecular flexibility index (Phi) is 4.15. The van der Waals surface area contributed by atoms with Crippen LogP contribution in [0.4, 0.5) is 0 Å². The molecule has 1 saturated carbocycles. The monoisotopic (exact) mass is 353 g/mol. The third kappa shape index (κ3) is 3.22.